The zero-order chi connectivity index (χ0) is 9.78. The normalized spacial score (nSPS) is 11.2. The summed E-state index contributed by atoms with van der Waals surface area (Å²) in [4.78, 5) is 0. The summed E-state index contributed by atoms with van der Waals surface area (Å²) in [6, 6.07) is 0. The predicted molar refractivity (Wildman–Crippen MR) is 58.0 cm³/mol. The highest BCUT2D eigenvalue weighted by atomic mass is 16.5. The summed E-state index contributed by atoms with van der Waals surface area (Å²) in [6.45, 7) is 7.89. The molecule has 2 heteroatoms. The van der Waals surface area contributed by atoms with Gasteiger partial charge in [-0.1, -0.05) is 31.9 Å². The van der Waals surface area contributed by atoms with Crippen LogP contribution in [-0.2, 0) is 4.74 Å². The molecule has 0 radical (unpaired) electrons. The molecule has 78 valence electrons. The quantitative estimate of drug-likeness (QED) is 0.440. The Hall–Kier alpha value is -0.340. The first kappa shape index (κ1) is 12.7. The van der Waals surface area contributed by atoms with Gasteiger partial charge in [-0.3, -0.25) is 0 Å². The Morgan fingerprint density at radius 3 is 2.77 bits per heavy atom. The van der Waals surface area contributed by atoms with Crippen molar-refractivity contribution in [1.29, 1.82) is 0 Å². The molecule has 0 bridgehead atoms. The standard InChI is InChI=1S/C11H23NO/c1-3-5-7-8-12-9-11-13-10-6-4-2/h4,6,12H,3,5,7-11H2,1-2H3. The molecule has 0 amide bonds. The topological polar surface area (TPSA) is 21.3 Å². The summed E-state index contributed by atoms with van der Waals surface area (Å²) in [5, 5.41) is 3.35. The van der Waals surface area contributed by atoms with Crippen LogP contribution in [0.5, 0.6) is 0 Å². The third kappa shape index (κ3) is 11.7. The Labute approximate surface area is 82.4 Å². The van der Waals surface area contributed by atoms with Crippen molar-refractivity contribution >= 4 is 0 Å². The predicted octanol–water partition coefficient (Wildman–Crippen LogP) is 2.36. The van der Waals surface area contributed by atoms with E-state index in [1.807, 2.05) is 19.1 Å². The fourth-order valence-electron chi connectivity index (χ4n) is 1.02. The van der Waals surface area contributed by atoms with Crippen LogP contribution in [0.15, 0.2) is 12.2 Å². The minimum absolute atomic E-state index is 0.743. The number of ether oxygens (including phenoxy) is 1. The fraction of sp³-hybridized carbons (Fsp3) is 0.818. The average Bonchev–Trinajstić information content (AvgIpc) is 2.16. The van der Waals surface area contributed by atoms with E-state index < -0.39 is 0 Å². The Bertz CT molecular complexity index is 113. The molecular weight excluding hydrogens is 162 g/mol. The van der Waals surface area contributed by atoms with Crippen LogP contribution < -0.4 is 5.32 Å². The van der Waals surface area contributed by atoms with E-state index in [0.717, 1.165) is 26.3 Å². The van der Waals surface area contributed by atoms with Crippen LogP contribution >= 0.6 is 0 Å². The molecule has 0 aliphatic heterocycles. The third-order valence-corrected chi connectivity index (χ3v) is 1.83. The number of hydrogen-bond donors (Lipinski definition) is 1. The van der Waals surface area contributed by atoms with Crippen molar-refractivity contribution in [3.63, 3.8) is 0 Å². The minimum atomic E-state index is 0.743. The van der Waals surface area contributed by atoms with Crippen molar-refractivity contribution in [1.82, 2.24) is 5.32 Å². The molecule has 0 heterocycles. The van der Waals surface area contributed by atoms with Gasteiger partial charge in [0.1, 0.15) is 0 Å². The summed E-state index contributed by atoms with van der Waals surface area (Å²) < 4.78 is 5.33. The van der Waals surface area contributed by atoms with Crippen molar-refractivity contribution in [2.24, 2.45) is 0 Å². The van der Waals surface area contributed by atoms with Gasteiger partial charge in [-0.25, -0.2) is 0 Å². The molecular formula is C11H23NO. The lowest BCUT2D eigenvalue weighted by molar-refractivity contribution is 0.164. The first-order chi connectivity index (χ1) is 6.41. The highest BCUT2D eigenvalue weighted by Crippen LogP contribution is 1.90. The van der Waals surface area contributed by atoms with Gasteiger partial charge < -0.3 is 10.1 Å². The number of unbranched alkanes of at least 4 members (excludes halogenated alkanes) is 2. The number of hydrogen-bond acceptors (Lipinski definition) is 2. The SMILES string of the molecule is CC=CCOCCNCCCCC. The molecule has 0 fully saturated rings. The van der Waals surface area contributed by atoms with Crippen LogP contribution in [0, 0.1) is 0 Å². The number of allylic oxidation sites excluding steroid dienone is 1. The van der Waals surface area contributed by atoms with Crippen LogP contribution in [-0.4, -0.2) is 26.3 Å². The monoisotopic (exact) mass is 185 g/mol. The summed E-state index contributed by atoms with van der Waals surface area (Å²) in [6.07, 6.45) is 7.93. The molecule has 0 saturated carbocycles. The van der Waals surface area contributed by atoms with E-state index in [4.69, 9.17) is 4.74 Å². The van der Waals surface area contributed by atoms with E-state index in [-0.39, 0.29) is 0 Å². The second-order valence-corrected chi connectivity index (χ2v) is 3.10. The largest absolute Gasteiger partial charge is 0.376 e. The second-order valence-electron chi connectivity index (χ2n) is 3.10. The maximum Gasteiger partial charge on any atom is 0.0647 e. The van der Waals surface area contributed by atoms with Gasteiger partial charge in [0.15, 0.2) is 0 Å². The molecule has 0 atom stereocenters. The number of nitrogens with one attached hydrogen (secondary N) is 1. The lowest BCUT2D eigenvalue weighted by Gasteiger charge is -2.03. The van der Waals surface area contributed by atoms with Crippen molar-refractivity contribution in [2.45, 2.75) is 33.1 Å². The van der Waals surface area contributed by atoms with Crippen molar-refractivity contribution in [3.05, 3.63) is 12.2 Å². The third-order valence-electron chi connectivity index (χ3n) is 1.83. The van der Waals surface area contributed by atoms with Crippen LogP contribution in [0.25, 0.3) is 0 Å². The van der Waals surface area contributed by atoms with Gasteiger partial charge >= 0.3 is 0 Å². The van der Waals surface area contributed by atoms with Gasteiger partial charge in [-0.2, -0.15) is 0 Å². The van der Waals surface area contributed by atoms with Crippen LogP contribution in [0.2, 0.25) is 0 Å². The van der Waals surface area contributed by atoms with Gasteiger partial charge in [0.05, 0.1) is 13.2 Å². The molecule has 0 aliphatic rings. The minimum Gasteiger partial charge on any atom is -0.376 e. The molecule has 13 heavy (non-hydrogen) atoms. The van der Waals surface area contributed by atoms with E-state index in [2.05, 4.69) is 12.2 Å². The molecule has 1 N–H and O–H groups in total. The molecule has 0 spiro atoms. The molecule has 0 aromatic heterocycles. The van der Waals surface area contributed by atoms with Gasteiger partial charge in [0.2, 0.25) is 0 Å². The maximum absolute atomic E-state index is 5.33. The zero-order valence-corrected chi connectivity index (χ0v) is 9.01. The lowest BCUT2D eigenvalue weighted by Crippen LogP contribution is -2.20. The van der Waals surface area contributed by atoms with Crippen molar-refractivity contribution < 1.29 is 4.74 Å². The second kappa shape index (κ2) is 11.7. The Balaban J connectivity index is 2.83. The first-order valence-corrected chi connectivity index (χ1v) is 5.31. The molecule has 0 unspecified atom stereocenters. The van der Waals surface area contributed by atoms with Crippen molar-refractivity contribution in [3.8, 4) is 0 Å². The summed E-state index contributed by atoms with van der Waals surface area (Å²) >= 11 is 0. The average molecular weight is 185 g/mol. The summed E-state index contributed by atoms with van der Waals surface area (Å²) in [5.74, 6) is 0. The Morgan fingerprint density at radius 2 is 2.08 bits per heavy atom. The van der Waals surface area contributed by atoms with Gasteiger partial charge in [0, 0.05) is 6.54 Å². The molecule has 2 nitrogen and oxygen atoms in total. The molecule has 0 aromatic rings. The molecule has 0 aliphatic carbocycles. The lowest BCUT2D eigenvalue weighted by atomic mass is 10.2. The van der Waals surface area contributed by atoms with E-state index in [0.29, 0.717) is 0 Å². The van der Waals surface area contributed by atoms with E-state index >= 15 is 0 Å². The smallest absolute Gasteiger partial charge is 0.0647 e. The highest BCUT2D eigenvalue weighted by Gasteiger charge is 1.87. The number of rotatable bonds is 9. The summed E-state index contributed by atoms with van der Waals surface area (Å²) in [7, 11) is 0. The van der Waals surface area contributed by atoms with Crippen molar-refractivity contribution in [2.75, 3.05) is 26.3 Å². The Kier molecular flexibility index (Phi) is 11.4. The van der Waals surface area contributed by atoms with E-state index in [1.54, 1.807) is 0 Å². The van der Waals surface area contributed by atoms with E-state index in [1.165, 1.54) is 19.3 Å². The zero-order valence-electron chi connectivity index (χ0n) is 9.01. The van der Waals surface area contributed by atoms with E-state index in [9.17, 15) is 0 Å². The molecule has 0 rings (SSSR count). The van der Waals surface area contributed by atoms with Gasteiger partial charge in [-0.05, 0) is 19.9 Å². The summed E-state index contributed by atoms with van der Waals surface area (Å²) in [5.41, 5.74) is 0. The maximum atomic E-state index is 5.33. The Morgan fingerprint density at radius 1 is 1.23 bits per heavy atom. The highest BCUT2D eigenvalue weighted by molar-refractivity contribution is 4.75. The fourth-order valence-corrected chi connectivity index (χ4v) is 1.02. The van der Waals surface area contributed by atoms with Crippen LogP contribution in [0.3, 0.4) is 0 Å². The van der Waals surface area contributed by atoms with Gasteiger partial charge in [0.25, 0.3) is 0 Å². The first-order valence-electron chi connectivity index (χ1n) is 5.31. The molecule has 0 saturated heterocycles. The molecule has 0 aromatic carbocycles. The van der Waals surface area contributed by atoms with Crippen LogP contribution in [0.1, 0.15) is 33.1 Å². The van der Waals surface area contributed by atoms with Gasteiger partial charge in [-0.15, -0.1) is 0 Å². The van der Waals surface area contributed by atoms with Crippen LogP contribution in [0.4, 0.5) is 0 Å².